The van der Waals surface area contributed by atoms with Crippen LogP contribution in [0.4, 0.5) is 0 Å². The van der Waals surface area contributed by atoms with Crippen molar-refractivity contribution in [1.82, 2.24) is 5.32 Å². The van der Waals surface area contributed by atoms with Gasteiger partial charge in [-0.15, -0.1) is 0 Å². The Bertz CT molecular complexity index is 241. The second kappa shape index (κ2) is 4.05. The third-order valence-electron chi connectivity index (χ3n) is 2.03. The fourth-order valence-corrected chi connectivity index (χ4v) is 1.91. The van der Waals surface area contributed by atoms with Crippen LogP contribution in [-0.2, 0) is 9.53 Å². The van der Waals surface area contributed by atoms with Crippen molar-refractivity contribution in [2.24, 2.45) is 0 Å². The third kappa shape index (κ3) is 2.66. The zero-order valence-electron chi connectivity index (χ0n) is 7.94. The predicted octanol–water partition coefficient (Wildman–Crippen LogP) is 2.39. The monoisotopic (exact) mass is 259 g/mol. The lowest BCUT2D eigenvalue weighted by atomic mass is 10.1. The van der Waals surface area contributed by atoms with Gasteiger partial charge in [0.05, 0.1) is 0 Å². The van der Waals surface area contributed by atoms with Gasteiger partial charge in [0.2, 0.25) is 3.79 Å². The van der Waals surface area contributed by atoms with E-state index < -0.39 is 15.6 Å². The number of rotatable bonds is 2. The molecule has 0 aromatic heterocycles. The van der Waals surface area contributed by atoms with E-state index in [-0.39, 0.29) is 5.91 Å². The van der Waals surface area contributed by atoms with Gasteiger partial charge in [-0.1, -0.05) is 48.1 Å². The zero-order chi connectivity index (χ0) is 11.0. The first kappa shape index (κ1) is 12.4. The van der Waals surface area contributed by atoms with Crippen LogP contribution in [0, 0.1) is 0 Å². The fraction of sp³-hybridized carbons (Fsp3) is 0.875. The summed E-state index contributed by atoms with van der Waals surface area (Å²) >= 11 is 16.8. The standard InChI is InChI=1S/C8H12Cl3NO2/c1-3-4-7(2)12-6(13)5(14-7)8(9,10)11/h5H,3-4H2,1-2H3,(H,12,13)/t5-,7+/m0/s1. The molecule has 0 saturated carbocycles. The van der Waals surface area contributed by atoms with Crippen LogP contribution in [0.15, 0.2) is 0 Å². The molecule has 0 aliphatic carbocycles. The lowest BCUT2D eigenvalue weighted by Crippen LogP contribution is -2.39. The molecule has 1 heterocycles. The fourth-order valence-electron chi connectivity index (χ4n) is 1.48. The number of hydrogen-bond donors (Lipinski definition) is 1. The van der Waals surface area contributed by atoms with Crippen molar-refractivity contribution in [3.63, 3.8) is 0 Å². The summed E-state index contributed by atoms with van der Waals surface area (Å²) in [6.07, 6.45) is 0.545. The largest absolute Gasteiger partial charge is 0.338 e. The molecule has 82 valence electrons. The normalized spacial score (nSPS) is 33.2. The molecule has 0 aromatic carbocycles. The number of alkyl halides is 3. The molecule has 1 rings (SSSR count). The van der Waals surface area contributed by atoms with E-state index in [0.717, 1.165) is 6.42 Å². The predicted molar refractivity (Wildman–Crippen MR) is 56.6 cm³/mol. The van der Waals surface area contributed by atoms with Crippen molar-refractivity contribution in [1.29, 1.82) is 0 Å². The van der Waals surface area contributed by atoms with Gasteiger partial charge in [0.25, 0.3) is 5.91 Å². The van der Waals surface area contributed by atoms with Gasteiger partial charge < -0.3 is 10.1 Å². The van der Waals surface area contributed by atoms with Crippen molar-refractivity contribution in [3.05, 3.63) is 0 Å². The second-order valence-corrected chi connectivity index (χ2v) is 5.88. The van der Waals surface area contributed by atoms with Crippen molar-refractivity contribution in [2.75, 3.05) is 0 Å². The molecule has 1 aliphatic rings. The van der Waals surface area contributed by atoms with Crippen molar-refractivity contribution in [2.45, 2.75) is 42.3 Å². The van der Waals surface area contributed by atoms with Gasteiger partial charge in [0, 0.05) is 0 Å². The average Bonchev–Trinajstić information content (AvgIpc) is 2.26. The summed E-state index contributed by atoms with van der Waals surface area (Å²) in [6, 6.07) is 0. The number of carbonyl (C=O) groups is 1. The summed E-state index contributed by atoms with van der Waals surface area (Å²) < 4.78 is 3.70. The minimum Gasteiger partial charge on any atom is -0.338 e. The van der Waals surface area contributed by atoms with Crippen LogP contribution in [0.25, 0.3) is 0 Å². The first-order valence-electron chi connectivity index (χ1n) is 4.35. The molecule has 6 heteroatoms. The molecule has 0 radical (unpaired) electrons. The maximum absolute atomic E-state index is 11.4. The number of hydrogen-bond acceptors (Lipinski definition) is 2. The van der Waals surface area contributed by atoms with Gasteiger partial charge >= 0.3 is 0 Å². The first-order valence-corrected chi connectivity index (χ1v) is 5.48. The molecule has 1 amide bonds. The number of halogens is 3. The number of amides is 1. The Balaban J connectivity index is 2.74. The molecule has 1 N–H and O–H groups in total. The number of carbonyl (C=O) groups excluding carboxylic acids is 1. The highest BCUT2D eigenvalue weighted by Crippen LogP contribution is 2.38. The molecule has 1 aliphatic heterocycles. The Morgan fingerprint density at radius 1 is 1.57 bits per heavy atom. The molecule has 0 aromatic rings. The Labute approximate surface area is 98.0 Å². The van der Waals surface area contributed by atoms with E-state index in [1.807, 2.05) is 6.92 Å². The zero-order valence-corrected chi connectivity index (χ0v) is 10.2. The number of ether oxygens (including phenoxy) is 1. The molecular weight excluding hydrogens is 248 g/mol. The lowest BCUT2D eigenvalue weighted by molar-refractivity contribution is -0.123. The third-order valence-corrected chi connectivity index (χ3v) is 2.62. The van der Waals surface area contributed by atoms with Gasteiger partial charge in [0.1, 0.15) is 5.72 Å². The molecule has 2 atom stereocenters. The molecule has 0 bridgehead atoms. The topological polar surface area (TPSA) is 38.3 Å². The highest BCUT2D eigenvalue weighted by Gasteiger charge is 2.50. The van der Waals surface area contributed by atoms with Crippen LogP contribution in [-0.4, -0.2) is 21.5 Å². The summed E-state index contributed by atoms with van der Waals surface area (Å²) in [5.41, 5.74) is -0.708. The van der Waals surface area contributed by atoms with Gasteiger partial charge in [-0.2, -0.15) is 0 Å². The molecule has 14 heavy (non-hydrogen) atoms. The van der Waals surface area contributed by atoms with Gasteiger partial charge in [-0.25, -0.2) is 0 Å². The summed E-state index contributed by atoms with van der Waals surface area (Å²) in [6.45, 7) is 3.76. The quantitative estimate of drug-likeness (QED) is 0.774. The van der Waals surface area contributed by atoms with E-state index in [4.69, 9.17) is 39.5 Å². The Hall–Kier alpha value is 0.300. The highest BCUT2D eigenvalue weighted by molar-refractivity contribution is 6.68. The maximum atomic E-state index is 11.4. The minimum absolute atomic E-state index is 0.374. The molecule has 1 saturated heterocycles. The second-order valence-electron chi connectivity index (χ2n) is 3.51. The highest BCUT2D eigenvalue weighted by atomic mass is 35.6. The van der Waals surface area contributed by atoms with Gasteiger partial charge in [0.15, 0.2) is 6.10 Å². The van der Waals surface area contributed by atoms with Gasteiger partial charge in [-0.05, 0) is 13.3 Å². The van der Waals surface area contributed by atoms with Crippen molar-refractivity contribution >= 4 is 40.7 Å². The van der Waals surface area contributed by atoms with Crippen LogP contribution < -0.4 is 5.32 Å². The SMILES string of the molecule is CCC[C@]1(C)NC(=O)[C@@H](C(Cl)(Cl)Cl)O1. The smallest absolute Gasteiger partial charge is 0.255 e. The molecular formula is C8H12Cl3NO2. The summed E-state index contributed by atoms with van der Waals surface area (Å²) in [5, 5.41) is 2.67. The molecule has 3 nitrogen and oxygen atoms in total. The van der Waals surface area contributed by atoms with Crippen LogP contribution in [0.5, 0.6) is 0 Å². The minimum atomic E-state index is -1.71. The molecule has 1 fully saturated rings. The molecule has 0 unspecified atom stereocenters. The van der Waals surface area contributed by atoms with Crippen molar-refractivity contribution in [3.8, 4) is 0 Å². The van der Waals surface area contributed by atoms with E-state index in [0.29, 0.717) is 6.42 Å². The van der Waals surface area contributed by atoms with Gasteiger partial charge in [-0.3, -0.25) is 4.79 Å². The number of nitrogens with one attached hydrogen (secondary N) is 1. The average molecular weight is 261 g/mol. The molecule has 0 spiro atoms. The van der Waals surface area contributed by atoms with E-state index in [1.165, 1.54) is 0 Å². The Morgan fingerprint density at radius 2 is 2.14 bits per heavy atom. The van der Waals surface area contributed by atoms with Crippen molar-refractivity contribution < 1.29 is 9.53 Å². The lowest BCUT2D eigenvalue weighted by Gasteiger charge is -2.24. The van der Waals surface area contributed by atoms with Crippen LogP contribution in [0.1, 0.15) is 26.7 Å². The van der Waals surface area contributed by atoms with E-state index in [2.05, 4.69) is 5.32 Å². The maximum Gasteiger partial charge on any atom is 0.255 e. The summed E-state index contributed by atoms with van der Waals surface area (Å²) in [5.74, 6) is -0.374. The summed E-state index contributed by atoms with van der Waals surface area (Å²) in [4.78, 5) is 11.4. The van der Waals surface area contributed by atoms with Crippen LogP contribution in [0.3, 0.4) is 0 Å². The van der Waals surface area contributed by atoms with E-state index in [1.54, 1.807) is 6.92 Å². The summed E-state index contributed by atoms with van der Waals surface area (Å²) in [7, 11) is 0. The van der Waals surface area contributed by atoms with Crippen LogP contribution >= 0.6 is 34.8 Å². The van der Waals surface area contributed by atoms with Crippen LogP contribution in [0.2, 0.25) is 0 Å². The van der Waals surface area contributed by atoms with E-state index >= 15 is 0 Å². The Kier molecular flexibility index (Phi) is 3.58. The first-order chi connectivity index (χ1) is 6.28. The Morgan fingerprint density at radius 3 is 2.50 bits per heavy atom. The van der Waals surface area contributed by atoms with E-state index in [9.17, 15) is 4.79 Å².